The van der Waals surface area contributed by atoms with Crippen molar-refractivity contribution in [2.24, 2.45) is 17.8 Å². The lowest BCUT2D eigenvalue weighted by atomic mass is 9.99. The van der Waals surface area contributed by atoms with E-state index in [1.54, 1.807) is 0 Å². The van der Waals surface area contributed by atoms with E-state index in [4.69, 9.17) is 37.0 Å². The molecule has 0 radical (unpaired) electrons. The monoisotopic (exact) mass is 1420 g/mol. The van der Waals surface area contributed by atoms with Crippen molar-refractivity contribution in [3.63, 3.8) is 0 Å². The molecule has 0 spiro atoms. The summed E-state index contributed by atoms with van der Waals surface area (Å²) >= 11 is 0. The minimum atomic E-state index is -4.97. The largest absolute Gasteiger partial charge is 0.472 e. The van der Waals surface area contributed by atoms with Crippen LogP contribution in [0.2, 0.25) is 0 Å². The second-order valence-corrected chi connectivity index (χ2v) is 31.5. The first-order valence-corrected chi connectivity index (χ1v) is 42.7. The Labute approximate surface area is 592 Å². The molecule has 572 valence electrons. The third-order valence-corrected chi connectivity index (χ3v) is 19.8. The van der Waals surface area contributed by atoms with E-state index in [0.29, 0.717) is 25.7 Å². The summed E-state index contributed by atoms with van der Waals surface area (Å²) < 4.78 is 68.5. The Morgan fingerprint density at radius 2 is 0.608 bits per heavy atom. The van der Waals surface area contributed by atoms with E-state index in [9.17, 15) is 43.2 Å². The molecular weight excluding hydrogens is 1270 g/mol. The highest BCUT2D eigenvalue weighted by molar-refractivity contribution is 7.47. The van der Waals surface area contributed by atoms with Crippen molar-refractivity contribution in [3.8, 4) is 0 Å². The minimum absolute atomic E-state index is 0.0850. The van der Waals surface area contributed by atoms with E-state index in [1.165, 1.54) is 173 Å². The number of aliphatic hydroxyl groups excluding tert-OH is 1. The molecule has 0 aromatic heterocycles. The fourth-order valence-electron chi connectivity index (χ4n) is 11.4. The fraction of sp³-hybridized carbons (Fsp3) is 0.897. The van der Waals surface area contributed by atoms with E-state index < -0.39 is 97.5 Å². The number of allylic oxidation sites excluding steroid dienone is 4. The summed E-state index contributed by atoms with van der Waals surface area (Å²) in [5.41, 5.74) is 0. The van der Waals surface area contributed by atoms with Crippen LogP contribution in [-0.4, -0.2) is 96.7 Å². The molecule has 0 saturated carbocycles. The minimum Gasteiger partial charge on any atom is -0.462 e. The molecule has 0 aromatic carbocycles. The third kappa shape index (κ3) is 70.4. The summed E-state index contributed by atoms with van der Waals surface area (Å²) in [6, 6.07) is 0. The Morgan fingerprint density at radius 3 is 0.918 bits per heavy atom. The van der Waals surface area contributed by atoms with Gasteiger partial charge >= 0.3 is 39.5 Å². The Hall–Kier alpha value is -2.46. The second kappa shape index (κ2) is 68.0. The normalized spacial score (nSPS) is 14.5. The van der Waals surface area contributed by atoms with Crippen LogP contribution in [0.3, 0.4) is 0 Å². The van der Waals surface area contributed by atoms with Gasteiger partial charge in [0.05, 0.1) is 26.4 Å². The van der Waals surface area contributed by atoms with Crippen LogP contribution in [0.1, 0.15) is 376 Å². The molecule has 0 aromatic rings. The van der Waals surface area contributed by atoms with Crippen molar-refractivity contribution < 1.29 is 80.2 Å². The molecule has 0 aliphatic carbocycles. The summed E-state index contributed by atoms with van der Waals surface area (Å²) in [6.07, 6.45) is 57.7. The molecule has 6 atom stereocenters. The summed E-state index contributed by atoms with van der Waals surface area (Å²) in [4.78, 5) is 72.9. The fourth-order valence-corrected chi connectivity index (χ4v) is 13.0. The Morgan fingerprint density at radius 1 is 0.340 bits per heavy atom. The highest BCUT2D eigenvalue weighted by atomic mass is 31.2. The zero-order valence-electron chi connectivity index (χ0n) is 63.0. The average molecular weight is 1420 g/mol. The molecule has 0 fully saturated rings. The molecule has 0 amide bonds. The number of rotatable bonds is 74. The van der Waals surface area contributed by atoms with Crippen molar-refractivity contribution in [3.05, 3.63) is 24.3 Å². The number of carbonyl (C=O) groups is 4. The van der Waals surface area contributed by atoms with Crippen LogP contribution < -0.4 is 0 Å². The van der Waals surface area contributed by atoms with Gasteiger partial charge < -0.3 is 33.8 Å². The first kappa shape index (κ1) is 94.5. The molecule has 3 N–H and O–H groups in total. The molecular formula is C78H148O17P2. The quantitative estimate of drug-likeness (QED) is 0.0169. The van der Waals surface area contributed by atoms with E-state index in [-0.39, 0.29) is 25.7 Å². The Kier molecular flexibility index (Phi) is 66.3. The molecule has 0 aliphatic rings. The molecule has 97 heavy (non-hydrogen) atoms. The van der Waals surface area contributed by atoms with E-state index in [0.717, 1.165) is 120 Å². The lowest BCUT2D eigenvalue weighted by molar-refractivity contribution is -0.161. The maximum Gasteiger partial charge on any atom is 0.472 e. The number of hydrogen-bond donors (Lipinski definition) is 3. The summed E-state index contributed by atoms with van der Waals surface area (Å²) in [5.74, 6) is 0.155. The van der Waals surface area contributed by atoms with E-state index >= 15 is 0 Å². The predicted molar refractivity (Wildman–Crippen MR) is 395 cm³/mol. The number of ether oxygens (including phenoxy) is 4. The number of esters is 4. The van der Waals surface area contributed by atoms with Crippen LogP contribution in [0, 0.1) is 17.8 Å². The zero-order chi connectivity index (χ0) is 71.6. The van der Waals surface area contributed by atoms with Crippen LogP contribution >= 0.6 is 15.6 Å². The van der Waals surface area contributed by atoms with Crippen LogP contribution in [-0.2, 0) is 65.4 Å². The zero-order valence-corrected chi connectivity index (χ0v) is 64.8. The molecule has 0 aliphatic heterocycles. The van der Waals surface area contributed by atoms with Crippen LogP contribution in [0.4, 0.5) is 0 Å². The van der Waals surface area contributed by atoms with Gasteiger partial charge in [0.25, 0.3) is 0 Å². The Balaban J connectivity index is 5.27. The molecule has 17 nitrogen and oxygen atoms in total. The molecule has 0 bridgehead atoms. The van der Waals surface area contributed by atoms with Crippen molar-refractivity contribution in [1.82, 2.24) is 0 Å². The van der Waals surface area contributed by atoms with Crippen molar-refractivity contribution >= 4 is 39.5 Å². The summed E-state index contributed by atoms with van der Waals surface area (Å²) in [7, 11) is -9.93. The maximum absolute atomic E-state index is 13.1. The number of hydrogen-bond acceptors (Lipinski definition) is 15. The van der Waals surface area contributed by atoms with Crippen LogP contribution in [0.15, 0.2) is 24.3 Å². The van der Waals surface area contributed by atoms with Crippen molar-refractivity contribution in [2.45, 2.75) is 394 Å². The van der Waals surface area contributed by atoms with Gasteiger partial charge in [-0.05, 0) is 69.1 Å². The predicted octanol–water partition coefficient (Wildman–Crippen LogP) is 22.5. The van der Waals surface area contributed by atoms with E-state index in [2.05, 4.69) is 72.8 Å². The molecule has 4 unspecified atom stereocenters. The van der Waals surface area contributed by atoms with Crippen molar-refractivity contribution in [1.29, 1.82) is 0 Å². The van der Waals surface area contributed by atoms with Gasteiger partial charge in [0, 0.05) is 25.7 Å². The molecule has 0 saturated heterocycles. The molecule has 0 rings (SSSR count). The van der Waals surface area contributed by atoms with Crippen molar-refractivity contribution in [2.75, 3.05) is 39.6 Å². The molecule has 0 heterocycles. The third-order valence-electron chi connectivity index (χ3n) is 17.9. The number of unbranched alkanes of at least 4 members (excludes halogenated alkanes) is 38. The van der Waals surface area contributed by atoms with Gasteiger partial charge in [-0.2, -0.15) is 0 Å². The molecule has 19 heteroatoms. The van der Waals surface area contributed by atoms with Gasteiger partial charge in [0.15, 0.2) is 12.2 Å². The standard InChI is InChI=1S/C78H148O17P2/c1-8-10-11-12-13-14-15-16-19-24-27-30-40-47-54-61-77(82)94-73(65-88-75(80)59-52-45-38-29-26-23-21-18-17-20-22-25-28-35-42-49-56-69(3)4)67-92-96(84,85)90-63-72(79)64-91-97(86,87)93-68-74(66-89-76(81)60-53-46-39-33-31-36-43-50-57-70(5)6)95-78(83)62-55-48-41-34-32-37-44-51-58-71(7)9-2/h14-16,19,69-74,79H,8-13,17-18,20-68H2,1-7H3,(H,84,85)(H,86,87)/b15-14-,19-16-/t71?,72?,73-,74-/m1/s1. The average Bonchev–Trinajstić information content (AvgIpc) is 1.41. The highest BCUT2D eigenvalue weighted by Gasteiger charge is 2.30. The smallest absolute Gasteiger partial charge is 0.462 e. The topological polar surface area (TPSA) is 237 Å². The summed E-state index contributed by atoms with van der Waals surface area (Å²) in [6.45, 7) is 11.8. The lowest BCUT2D eigenvalue weighted by Crippen LogP contribution is -2.30. The number of aliphatic hydroxyl groups is 1. The summed E-state index contributed by atoms with van der Waals surface area (Å²) in [5, 5.41) is 10.6. The van der Waals surface area contributed by atoms with Gasteiger partial charge in [0.2, 0.25) is 0 Å². The van der Waals surface area contributed by atoms with Gasteiger partial charge in [-0.25, -0.2) is 9.13 Å². The van der Waals surface area contributed by atoms with Crippen LogP contribution in [0.25, 0.3) is 0 Å². The Bertz CT molecular complexity index is 1980. The van der Waals surface area contributed by atoms with Gasteiger partial charge in [-0.3, -0.25) is 37.3 Å². The number of carbonyl (C=O) groups excluding carboxylic acids is 4. The van der Waals surface area contributed by atoms with Gasteiger partial charge in [-0.1, -0.05) is 323 Å². The van der Waals surface area contributed by atoms with Crippen LogP contribution in [0.5, 0.6) is 0 Å². The lowest BCUT2D eigenvalue weighted by Gasteiger charge is -2.21. The second-order valence-electron chi connectivity index (χ2n) is 28.6. The number of phosphoric ester groups is 2. The highest BCUT2D eigenvalue weighted by Crippen LogP contribution is 2.45. The van der Waals surface area contributed by atoms with Gasteiger partial charge in [0.1, 0.15) is 19.3 Å². The first-order valence-electron chi connectivity index (χ1n) is 39.7. The SMILES string of the molecule is CCCCCC/C=C\C=C/CCCCCCCC(=O)O[C@H](COC(=O)CCCCCCCCCCCCCCCCCCC(C)C)COP(=O)(O)OCC(O)COP(=O)(O)OC[C@@H](COC(=O)CCCCCCCCCCC(C)C)OC(=O)CCCCCCCCCCC(C)CC. The van der Waals surface area contributed by atoms with Gasteiger partial charge in [-0.15, -0.1) is 0 Å². The first-order chi connectivity index (χ1) is 46.8. The number of phosphoric acid groups is 2. The van der Waals surface area contributed by atoms with E-state index in [1.807, 2.05) is 0 Å². The maximum atomic E-state index is 13.1.